The lowest BCUT2D eigenvalue weighted by molar-refractivity contribution is -0.136. The molecule has 0 aromatic heterocycles. The summed E-state index contributed by atoms with van der Waals surface area (Å²) < 4.78 is 0. The van der Waals surface area contributed by atoms with E-state index in [1.54, 1.807) is 6.07 Å². The average molecular weight is 645 g/mol. The number of guanidine groups is 1. The van der Waals surface area contributed by atoms with E-state index in [9.17, 15) is 14.4 Å². The van der Waals surface area contributed by atoms with E-state index < -0.39 is 12.1 Å². The fraction of sp³-hybridized carbons (Fsp3) is 0.444. The van der Waals surface area contributed by atoms with Crippen molar-refractivity contribution in [1.82, 2.24) is 15.5 Å². The lowest BCUT2D eigenvalue weighted by atomic mass is 9.79. The first kappa shape index (κ1) is 33.3. The quantitative estimate of drug-likeness (QED) is 0.164. The number of likely N-dealkylation sites (tertiary alicyclic amines) is 1. The van der Waals surface area contributed by atoms with Crippen molar-refractivity contribution < 1.29 is 14.4 Å². The molecule has 5 atom stereocenters. The van der Waals surface area contributed by atoms with Crippen LogP contribution in [0, 0.1) is 0 Å². The molecule has 0 spiro atoms. The van der Waals surface area contributed by atoms with Crippen LogP contribution in [0.2, 0.25) is 5.02 Å². The average Bonchev–Trinajstić information content (AvgIpc) is 3.32. The molecule has 3 amide bonds. The summed E-state index contributed by atoms with van der Waals surface area (Å²) in [4.78, 5) is 47.5. The molecule has 46 heavy (non-hydrogen) atoms. The second-order valence-electron chi connectivity index (χ2n) is 12.6. The number of hydrogen-bond acceptors (Lipinski definition) is 4. The van der Waals surface area contributed by atoms with Crippen molar-refractivity contribution in [2.24, 2.45) is 16.5 Å². The standard InChI is InChI=1S/C36H45ClN6O3/c1-3-4-15-30(41-33(44)29-18-17-24(21-40-36(38)39)26-12-5-6-14-28(26)29)34(45)42-31-19-22(2)43(35(31)46)32-16-8-7-13-27(32)23-10-9-11-25(37)20-23/h5-6,9-12,14,17-18,20,22,27,30-32H,3-4,7-8,13,15-16,19,21H2,1-2H3,(H,41,44)(H,42,45)(H4,38,39,40)/t22?,27-,30-,31-,32+/m0/s1. The Morgan fingerprint density at radius 1 is 1.04 bits per heavy atom. The maximum atomic E-state index is 13.9. The summed E-state index contributed by atoms with van der Waals surface area (Å²) >= 11 is 6.34. The molecule has 3 aromatic carbocycles. The van der Waals surface area contributed by atoms with Crippen molar-refractivity contribution >= 4 is 46.1 Å². The summed E-state index contributed by atoms with van der Waals surface area (Å²) in [5.41, 5.74) is 13.6. The number of hydrogen-bond donors (Lipinski definition) is 4. The minimum atomic E-state index is -0.779. The summed E-state index contributed by atoms with van der Waals surface area (Å²) in [5.74, 6) is -0.542. The van der Waals surface area contributed by atoms with Crippen LogP contribution in [-0.4, -0.2) is 52.7 Å². The molecule has 10 heteroatoms. The minimum absolute atomic E-state index is 0.00592. The van der Waals surface area contributed by atoms with E-state index >= 15 is 0 Å². The maximum Gasteiger partial charge on any atom is 0.252 e. The van der Waals surface area contributed by atoms with Gasteiger partial charge in [0, 0.05) is 28.6 Å². The van der Waals surface area contributed by atoms with Crippen LogP contribution in [0.4, 0.5) is 0 Å². The van der Waals surface area contributed by atoms with Crippen LogP contribution in [0.25, 0.3) is 10.8 Å². The first-order valence-corrected chi connectivity index (χ1v) is 16.8. The minimum Gasteiger partial charge on any atom is -0.370 e. The van der Waals surface area contributed by atoms with E-state index in [0.717, 1.165) is 60.4 Å². The molecule has 0 bridgehead atoms. The van der Waals surface area contributed by atoms with E-state index in [1.165, 1.54) is 0 Å². The largest absolute Gasteiger partial charge is 0.370 e. The van der Waals surface area contributed by atoms with Crippen LogP contribution in [0.15, 0.2) is 65.7 Å². The summed E-state index contributed by atoms with van der Waals surface area (Å²) in [6, 6.07) is 17.7. The predicted molar refractivity (Wildman–Crippen MR) is 184 cm³/mol. The molecule has 1 heterocycles. The fourth-order valence-electron chi connectivity index (χ4n) is 7.19. The molecule has 5 rings (SSSR count). The summed E-state index contributed by atoms with van der Waals surface area (Å²) in [5, 5.41) is 8.31. The molecule has 9 nitrogen and oxygen atoms in total. The molecule has 244 valence electrons. The number of benzene rings is 3. The number of fused-ring (bicyclic) bond motifs is 1. The van der Waals surface area contributed by atoms with Crippen LogP contribution in [0.1, 0.15) is 92.6 Å². The van der Waals surface area contributed by atoms with Gasteiger partial charge in [0.2, 0.25) is 11.8 Å². The Bertz CT molecular complexity index is 1610. The molecule has 0 radical (unpaired) electrons. The summed E-state index contributed by atoms with van der Waals surface area (Å²) in [6.07, 6.45) is 6.69. The molecule has 2 fully saturated rings. The van der Waals surface area contributed by atoms with Gasteiger partial charge < -0.3 is 27.0 Å². The van der Waals surface area contributed by atoms with Crippen molar-refractivity contribution in [1.29, 1.82) is 0 Å². The number of nitrogens with one attached hydrogen (secondary N) is 2. The van der Waals surface area contributed by atoms with Gasteiger partial charge in [-0.05, 0) is 72.7 Å². The Morgan fingerprint density at radius 3 is 2.54 bits per heavy atom. The predicted octanol–water partition coefficient (Wildman–Crippen LogP) is 5.39. The van der Waals surface area contributed by atoms with Crippen LogP contribution in [0.3, 0.4) is 0 Å². The third-order valence-electron chi connectivity index (χ3n) is 9.44. The van der Waals surface area contributed by atoms with Gasteiger partial charge in [-0.15, -0.1) is 0 Å². The third-order valence-corrected chi connectivity index (χ3v) is 9.68. The topological polar surface area (TPSA) is 143 Å². The Balaban J connectivity index is 1.31. The van der Waals surface area contributed by atoms with Crippen molar-refractivity contribution in [3.63, 3.8) is 0 Å². The number of halogens is 1. The highest BCUT2D eigenvalue weighted by Gasteiger charge is 2.45. The van der Waals surface area contributed by atoms with Gasteiger partial charge in [-0.3, -0.25) is 14.4 Å². The number of carbonyl (C=O) groups excluding carboxylic acids is 3. The maximum absolute atomic E-state index is 13.9. The second kappa shape index (κ2) is 15.0. The Kier molecular flexibility index (Phi) is 10.8. The van der Waals surface area contributed by atoms with Crippen LogP contribution in [0.5, 0.6) is 0 Å². The summed E-state index contributed by atoms with van der Waals surface area (Å²) in [7, 11) is 0. The van der Waals surface area contributed by atoms with Crippen molar-refractivity contribution in [2.75, 3.05) is 0 Å². The van der Waals surface area contributed by atoms with E-state index in [-0.39, 0.29) is 48.2 Å². The number of rotatable bonds is 11. The molecule has 1 saturated heterocycles. The zero-order valence-corrected chi connectivity index (χ0v) is 27.4. The van der Waals surface area contributed by atoms with Crippen molar-refractivity contribution in [2.45, 2.75) is 102 Å². The number of carbonyl (C=O) groups is 3. The van der Waals surface area contributed by atoms with E-state index in [2.05, 4.69) is 28.6 Å². The smallest absolute Gasteiger partial charge is 0.252 e. The molecular weight excluding hydrogens is 600 g/mol. The van der Waals surface area contributed by atoms with E-state index in [1.807, 2.05) is 60.4 Å². The SMILES string of the molecule is CCCC[C@H](NC(=O)c1ccc(CN=C(N)N)c2ccccc12)C(=O)N[C@H]1CC(C)N([C@@H]2CCCC[C@H]2c2cccc(Cl)c2)C1=O. The van der Waals surface area contributed by atoms with Crippen molar-refractivity contribution in [3.8, 4) is 0 Å². The van der Waals surface area contributed by atoms with Gasteiger partial charge >= 0.3 is 0 Å². The number of amides is 3. The lowest BCUT2D eigenvalue weighted by Crippen LogP contribution is -2.53. The number of aliphatic imine (C=N–C) groups is 1. The first-order chi connectivity index (χ1) is 22.2. The first-order valence-electron chi connectivity index (χ1n) is 16.4. The molecule has 2 aliphatic rings. The van der Waals surface area contributed by atoms with E-state index in [4.69, 9.17) is 23.1 Å². The van der Waals surface area contributed by atoms with Crippen LogP contribution < -0.4 is 22.1 Å². The molecule has 1 saturated carbocycles. The number of nitrogens with two attached hydrogens (primary N) is 2. The van der Waals surface area contributed by atoms with Gasteiger partial charge in [0.1, 0.15) is 12.1 Å². The molecule has 1 aliphatic heterocycles. The van der Waals surface area contributed by atoms with E-state index in [0.29, 0.717) is 23.4 Å². The molecule has 3 aromatic rings. The summed E-state index contributed by atoms with van der Waals surface area (Å²) in [6.45, 7) is 4.39. The normalized spacial score (nSPS) is 22.0. The molecule has 1 unspecified atom stereocenters. The highest BCUT2D eigenvalue weighted by atomic mass is 35.5. The number of nitrogens with zero attached hydrogens (tertiary/aromatic N) is 2. The van der Waals surface area contributed by atoms with Gasteiger partial charge in [-0.2, -0.15) is 0 Å². The second-order valence-corrected chi connectivity index (χ2v) is 13.1. The highest BCUT2D eigenvalue weighted by Crippen LogP contribution is 2.40. The fourth-order valence-corrected chi connectivity index (χ4v) is 7.39. The highest BCUT2D eigenvalue weighted by molar-refractivity contribution is 6.30. The monoisotopic (exact) mass is 644 g/mol. The molecular formula is C36H45ClN6O3. The zero-order chi connectivity index (χ0) is 32.8. The van der Waals surface area contributed by atoms with Gasteiger partial charge in [-0.25, -0.2) is 4.99 Å². The van der Waals surface area contributed by atoms with Gasteiger partial charge in [-0.1, -0.05) is 86.7 Å². The van der Waals surface area contributed by atoms with Gasteiger partial charge in [0.05, 0.1) is 6.54 Å². The third kappa shape index (κ3) is 7.47. The lowest BCUT2D eigenvalue weighted by Gasteiger charge is -2.40. The van der Waals surface area contributed by atoms with Crippen molar-refractivity contribution in [3.05, 3.63) is 82.4 Å². The van der Waals surface area contributed by atoms with Crippen LogP contribution >= 0.6 is 11.6 Å². The Hall–Kier alpha value is -4.11. The Morgan fingerprint density at radius 2 is 1.80 bits per heavy atom. The van der Waals surface area contributed by atoms with Crippen LogP contribution in [-0.2, 0) is 16.1 Å². The molecule has 1 aliphatic carbocycles. The Labute approximate surface area is 276 Å². The molecule has 6 N–H and O–H groups in total. The van der Waals surface area contributed by atoms with Gasteiger partial charge in [0.15, 0.2) is 5.96 Å². The van der Waals surface area contributed by atoms with Gasteiger partial charge in [0.25, 0.3) is 5.91 Å². The zero-order valence-electron chi connectivity index (χ0n) is 26.7. The number of unbranched alkanes of at least 4 members (excludes halogenated alkanes) is 1.